The highest BCUT2D eigenvalue weighted by atomic mass is 35.5. The zero-order valence-corrected chi connectivity index (χ0v) is 12.2. The molecule has 0 saturated heterocycles. The highest BCUT2D eigenvalue weighted by molar-refractivity contribution is 6.31. The van der Waals surface area contributed by atoms with Crippen molar-refractivity contribution in [2.75, 3.05) is 7.05 Å². The van der Waals surface area contributed by atoms with Crippen molar-refractivity contribution in [3.63, 3.8) is 0 Å². The molecule has 0 radical (unpaired) electrons. The number of aromatic hydroxyl groups is 1. The maximum Gasteiger partial charge on any atom is 0.257 e. The molecule has 0 unspecified atom stereocenters. The van der Waals surface area contributed by atoms with Crippen LogP contribution in [0.15, 0.2) is 22.7 Å². The Bertz CT molecular complexity index is 632. The van der Waals surface area contributed by atoms with E-state index in [1.807, 2.05) is 6.92 Å². The van der Waals surface area contributed by atoms with Crippen LogP contribution in [0.5, 0.6) is 5.75 Å². The van der Waals surface area contributed by atoms with Crippen LogP contribution in [0, 0.1) is 13.8 Å². The molecule has 5 nitrogen and oxygen atoms in total. The number of rotatable bonds is 3. The standard InChI is InChI=1S/C14H15ClN2O3/c1-8-12(9(2)20-16-8)7-17(3)14(19)11-6-10(15)4-5-13(11)18/h4-6,18H,7H2,1-3H3. The van der Waals surface area contributed by atoms with Crippen LogP contribution in [0.1, 0.15) is 27.4 Å². The molecule has 0 bridgehead atoms. The Morgan fingerprint density at radius 3 is 2.75 bits per heavy atom. The molecule has 1 aromatic carbocycles. The van der Waals surface area contributed by atoms with Crippen LogP contribution in [0.25, 0.3) is 0 Å². The lowest BCUT2D eigenvalue weighted by Gasteiger charge is -2.17. The number of aromatic nitrogens is 1. The number of halogens is 1. The number of aryl methyl sites for hydroxylation is 2. The van der Waals surface area contributed by atoms with E-state index in [1.54, 1.807) is 14.0 Å². The fraction of sp³-hybridized carbons (Fsp3) is 0.286. The summed E-state index contributed by atoms with van der Waals surface area (Å²) in [4.78, 5) is 13.8. The first-order valence-corrected chi connectivity index (χ1v) is 6.43. The summed E-state index contributed by atoms with van der Waals surface area (Å²) in [5.41, 5.74) is 1.78. The number of benzene rings is 1. The second kappa shape index (κ2) is 5.54. The van der Waals surface area contributed by atoms with Crippen LogP contribution < -0.4 is 0 Å². The highest BCUT2D eigenvalue weighted by Crippen LogP contribution is 2.24. The van der Waals surface area contributed by atoms with Crippen LogP contribution in [0.3, 0.4) is 0 Å². The van der Waals surface area contributed by atoms with Gasteiger partial charge in [0.15, 0.2) is 0 Å². The number of carbonyl (C=O) groups excluding carboxylic acids is 1. The second-order valence-corrected chi connectivity index (χ2v) is 5.06. The summed E-state index contributed by atoms with van der Waals surface area (Å²) in [5.74, 6) is 0.271. The van der Waals surface area contributed by atoms with Gasteiger partial charge in [0.25, 0.3) is 5.91 Å². The van der Waals surface area contributed by atoms with Gasteiger partial charge in [-0.25, -0.2) is 0 Å². The van der Waals surface area contributed by atoms with Crippen LogP contribution in [-0.2, 0) is 6.54 Å². The zero-order valence-electron chi connectivity index (χ0n) is 11.5. The summed E-state index contributed by atoms with van der Waals surface area (Å²) in [5, 5.41) is 14.0. The lowest BCUT2D eigenvalue weighted by molar-refractivity contribution is 0.0781. The predicted molar refractivity (Wildman–Crippen MR) is 74.9 cm³/mol. The maximum atomic E-state index is 12.3. The van der Waals surface area contributed by atoms with E-state index in [1.165, 1.54) is 23.1 Å². The van der Waals surface area contributed by atoms with E-state index in [0.29, 0.717) is 17.3 Å². The molecule has 0 aliphatic carbocycles. The molecule has 6 heteroatoms. The van der Waals surface area contributed by atoms with Crippen LogP contribution >= 0.6 is 11.6 Å². The van der Waals surface area contributed by atoms with E-state index >= 15 is 0 Å². The molecule has 20 heavy (non-hydrogen) atoms. The lowest BCUT2D eigenvalue weighted by Crippen LogP contribution is -2.26. The first-order chi connectivity index (χ1) is 9.40. The Morgan fingerprint density at radius 2 is 2.15 bits per heavy atom. The normalized spacial score (nSPS) is 10.6. The van der Waals surface area contributed by atoms with Crippen molar-refractivity contribution < 1.29 is 14.4 Å². The van der Waals surface area contributed by atoms with Crippen molar-refractivity contribution >= 4 is 17.5 Å². The van der Waals surface area contributed by atoms with Crippen molar-refractivity contribution in [1.82, 2.24) is 10.1 Å². The van der Waals surface area contributed by atoms with E-state index in [0.717, 1.165) is 11.3 Å². The van der Waals surface area contributed by atoms with Gasteiger partial charge in [0.1, 0.15) is 11.5 Å². The summed E-state index contributed by atoms with van der Waals surface area (Å²) in [6.45, 7) is 3.97. The zero-order chi connectivity index (χ0) is 14.9. The van der Waals surface area contributed by atoms with Gasteiger partial charge in [-0.2, -0.15) is 0 Å². The van der Waals surface area contributed by atoms with Crippen molar-refractivity contribution in [3.05, 3.63) is 45.8 Å². The predicted octanol–water partition coefficient (Wildman–Crippen LogP) is 2.92. The summed E-state index contributed by atoms with van der Waals surface area (Å²) < 4.78 is 5.07. The summed E-state index contributed by atoms with van der Waals surface area (Å²) in [7, 11) is 1.65. The van der Waals surface area contributed by atoms with Crippen LogP contribution in [0.2, 0.25) is 5.02 Å². The van der Waals surface area contributed by atoms with Crippen LogP contribution in [-0.4, -0.2) is 28.1 Å². The first-order valence-electron chi connectivity index (χ1n) is 6.06. The fourth-order valence-corrected chi connectivity index (χ4v) is 2.09. The van der Waals surface area contributed by atoms with Crippen molar-refractivity contribution in [2.24, 2.45) is 0 Å². The quantitative estimate of drug-likeness (QED) is 0.945. The van der Waals surface area contributed by atoms with Gasteiger partial charge in [-0.05, 0) is 32.0 Å². The van der Waals surface area contributed by atoms with E-state index in [2.05, 4.69) is 5.16 Å². The molecule has 0 aliphatic heterocycles. The van der Waals surface area contributed by atoms with E-state index < -0.39 is 0 Å². The second-order valence-electron chi connectivity index (χ2n) is 4.63. The molecule has 1 aromatic heterocycles. The largest absolute Gasteiger partial charge is 0.507 e. The number of carbonyl (C=O) groups is 1. The fourth-order valence-electron chi connectivity index (χ4n) is 1.92. The minimum atomic E-state index is -0.315. The molecule has 0 fully saturated rings. The van der Waals surface area contributed by atoms with Gasteiger partial charge in [-0.1, -0.05) is 16.8 Å². The highest BCUT2D eigenvalue weighted by Gasteiger charge is 2.19. The minimum absolute atomic E-state index is 0.0926. The third-order valence-electron chi connectivity index (χ3n) is 3.11. The monoisotopic (exact) mass is 294 g/mol. The first kappa shape index (κ1) is 14.4. The average molecular weight is 295 g/mol. The molecule has 1 amide bonds. The van der Waals surface area contributed by atoms with Gasteiger partial charge in [0, 0.05) is 17.6 Å². The number of phenolic OH excluding ortho intramolecular Hbond substituents is 1. The molecule has 1 N–H and O–H groups in total. The third-order valence-corrected chi connectivity index (χ3v) is 3.35. The number of amides is 1. The Kier molecular flexibility index (Phi) is 3.99. The smallest absolute Gasteiger partial charge is 0.257 e. The molecule has 0 atom stereocenters. The molecule has 106 valence electrons. The Hall–Kier alpha value is -2.01. The SMILES string of the molecule is Cc1noc(C)c1CN(C)C(=O)c1cc(Cl)ccc1O. The summed E-state index contributed by atoms with van der Waals surface area (Å²) in [6.07, 6.45) is 0. The van der Waals surface area contributed by atoms with E-state index in [4.69, 9.17) is 16.1 Å². The van der Waals surface area contributed by atoms with Crippen molar-refractivity contribution in [3.8, 4) is 5.75 Å². The molecule has 0 aliphatic rings. The van der Waals surface area contributed by atoms with Gasteiger partial charge >= 0.3 is 0 Å². The molecular weight excluding hydrogens is 280 g/mol. The molecule has 0 spiro atoms. The van der Waals surface area contributed by atoms with Gasteiger partial charge in [-0.15, -0.1) is 0 Å². The van der Waals surface area contributed by atoms with Crippen molar-refractivity contribution in [1.29, 1.82) is 0 Å². The average Bonchev–Trinajstić information content (AvgIpc) is 2.72. The summed E-state index contributed by atoms with van der Waals surface area (Å²) in [6, 6.07) is 4.38. The lowest BCUT2D eigenvalue weighted by atomic mass is 10.1. The van der Waals surface area contributed by atoms with E-state index in [9.17, 15) is 9.90 Å². The molecule has 0 saturated carbocycles. The topological polar surface area (TPSA) is 66.6 Å². The van der Waals surface area contributed by atoms with Gasteiger partial charge < -0.3 is 14.5 Å². The van der Waals surface area contributed by atoms with Gasteiger partial charge in [0.2, 0.25) is 0 Å². The van der Waals surface area contributed by atoms with Gasteiger partial charge in [-0.3, -0.25) is 4.79 Å². The number of hydrogen-bond donors (Lipinski definition) is 1. The molecular formula is C14H15ClN2O3. The maximum absolute atomic E-state index is 12.3. The third kappa shape index (κ3) is 2.77. The van der Waals surface area contributed by atoms with E-state index in [-0.39, 0.29) is 17.2 Å². The molecule has 1 heterocycles. The Morgan fingerprint density at radius 1 is 1.45 bits per heavy atom. The van der Waals surface area contributed by atoms with Crippen LogP contribution in [0.4, 0.5) is 0 Å². The molecule has 2 rings (SSSR count). The number of phenols is 1. The van der Waals surface area contributed by atoms with Crippen molar-refractivity contribution in [2.45, 2.75) is 20.4 Å². The molecule has 2 aromatic rings. The van der Waals surface area contributed by atoms with Gasteiger partial charge in [0.05, 0.1) is 17.8 Å². The summed E-state index contributed by atoms with van der Waals surface area (Å²) >= 11 is 5.85. The minimum Gasteiger partial charge on any atom is -0.507 e. The Balaban J connectivity index is 2.23. The Labute approximate surface area is 121 Å². The number of nitrogens with zero attached hydrogens (tertiary/aromatic N) is 2. The number of hydrogen-bond acceptors (Lipinski definition) is 4.